The Morgan fingerprint density at radius 3 is 2.81 bits per heavy atom. The third kappa shape index (κ3) is 5.42. The molecule has 2 saturated heterocycles. The monoisotopic (exact) mass is 377 g/mol. The molecule has 3 rings (SSSR count). The summed E-state index contributed by atoms with van der Waals surface area (Å²) < 4.78 is 19.9. The predicted molar refractivity (Wildman–Crippen MR) is 104 cm³/mol. The number of amides is 1. The summed E-state index contributed by atoms with van der Waals surface area (Å²) in [6.45, 7) is 12.2. The standard InChI is InChI=1S/C21H32FN3O2/c1-15(23-20(26)27-21(2,3)4)16-7-8-17(19(22)12-16)13-24-10-11-25-9-5-6-18(25)14-24/h7-8,12,15,18H,5-6,9-11,13-14H2,1-4H3,(H,23,26)/t15-,18?/m0/s1. The van der Waals surface area contributed by atoms with E-state index in [4.69, 9.17) is 4.74 Å². The molecule has 0 bridgehead atoms. The third-order valence-corrected chi connectivity index (χ3v) is 5.38. The first kappa shape index (κ1) is 20.1. The summed E-state index contributed by atoms with van der Waals surface area (Å²) in [5.41, 5.74) is 0.903. The number of nitrogens with one attached hydrogen (secondary N) is 1. The minimum absolute atomic E-state index is 0.209. The number of nitrogens with zero attached hydrogens (tertiary/aromatic N) is 2. The van der Waals surface area contributed by atoms with Crippen LogP contribution in [0.1, 0.15) is 57.7 Å². The number of rotatable bonds is 4. The first-order valence-corrected chi connectivity index (χ1v) is 9.95. The molecule has 27 heavy (non-hydrogen) atoms. The molecule has 1 aromatic rings. The number of carbonyl (C=O) groups excluding carboxylic acids is 1. The van der Waals surface area contributed by atoms with E-state index in [0.29, 0.717) is 12.6 Å². The summed E-state index contributed by atoms with van der Waals surface area (Å²) in [6, 6.07) is 5.60. The van der Waals surface area contributed by atoms with Crippen molar-refractivity contribution in [1.29, 1.82) is 0 Å². The van der Waals surface area contributed by atoms with Gasteiger partial charge in [0.05, 0.1) is 6.04 Å². The minimum atomic E-state index is -0.553. The van der Waals surface area contributed by atoms with Gasteiger partial charge in [-0.2, -0.15) is 0 Å². The van der Waals surface area contributed by atoms with Crippen LogP contribution in [0.2, 0.25) is 0 Å². The summed E-state index contributed by atoms with van der Waals surface area (Å²) in [4.78, 5) is 16.8. The van der Waals surface area contributed by atoms with Crippen LogP contribution in [0.4, 0.5) is 9.18 Å². The molecule has 2 atom stereocenters. The van der Waals surface area contributed by atoms with Crippen molar-refractivity contribution in [3.8, 4) is 0 Å². The van der Waals surface area contributed by atoms with Crippen molar-refractivity contribution >= 4 is 6.09 Å². The van der Waals surface area contributed by atoms with Crippen LogP contribution in [0.25, 0.3) is 0 Å². The molecule has 1 unspecified atom stereocenters. The average molecular weight is 378 g/mol. The fourth-order valence-electron chi connectivity index (χ4n) is 3.97. The lowest BCUT2D eigenvalue weighted by Crippen LogP contribution is -2.49. The molecule has 6 heteroatoms. The Bertz CT molecular complexity index is 674. The second kappa shape index (κ2) is 8.15. The van der Waals surface area contributed by atoms with E-state index in [9.17, 15) is 9.18 Å². The zero-order chi connectivity index (χ0) is 19.6. The van der Waals surface area contributed by atoms with Gasteiger partial charge in [0.25, 0.3) is 0 Å². The van der Waals surface area contributed by atoms with Crippen LogP contribution in [0, 0.1) is 5.82 Å². The maximum Gasteiger partial charge on any atom is 0.408 e. The lowest BCUT2D eigenvalue weighted by molar-refractivity contribution is 0.0508. The van der Waals surface area contributed by atoms with Crippen molar-refractivity contribution in [2.75, 3.05) is 26.2 Å². The Kier molecular flexibility index (Phi) is 6.06. The highest BCUT2D eigenvalue weighted by molar-refractivity contribution is 5.68. The van der Waals surface area contributed by atoms with Gasteiger partial charge in [-0.15, -0.1) is 0 Å². The van der Waals surface area contributed by atoms with E-state index in [0.717, 1.165) is 30.8 Å². The van der Waals surface area contributed by atoms with Gasteiger partial charge in [0.15, 0.2) is 0 Å². The van der Waals surface area contributed by atoms with Gasteiger partial charge in [0, 0.05) is 37.8 Å². The van der Waals surface area contributed by atoms with Crippen molar-refractivity contribution in [2.45, 2.75) is 64.8 Å². The molecule has 1 aromatic carbocycles. The summed E-state index contributed by atoms with van der Waals surface area (Å²) in [5.74, 6) is -0.209. The predicted octanol–water partition coefficient (Wildman–Crippen LogP) is 3.69. The fraction of sp³-hybridized carbons (Fsp3) is 0.667. The van der Waals surface area contributed by atoms with Crippen LogP contribution in [-0.2, 0) is 11.3 Å². The van der Waals surface area contributed by atoms with E-state index in [1.807, 2.05) is 39.8 Å². The van der Waals surface area contributed by atoms with E-state index in [2.05, 4.69) is 15.1 Å². The van der Waals surface area contributed by atoms with E-state index in [1.54, 1.807) is 0 Å². The topological polar surface area (TPSA) is 44.8 Å². The number of hydrogen-bond donors (Lipinski definition) is 1. The Hall–Kier alpha value is -1.66. The second-order valence-corrected chi connectivity index (χ2v) is 8.79. The number of alkyl carbamates (subject to hydrolysis) is 1. The highest BCUT2D eigenvalue weighted by Crippen LogP contribution is 2.24. The summed E-state index contributed by atoms with van der Waals surface area (Å²) >= 11 is 0. The SMILES string of the molecule is C[C@H](NC(=O)OC(C)(C)C)c1ccc(CN2CCN3CCCC3C2)c(F)c1. The molecule has 1 amide bonds. The molecule has 0 radical (unpaired) electrons. The third-order valence-electron chi connectivity index (χ3n) is 5.38. The Labute approximate surface area is 161 Å². The molecule has 0 spiro atoms. The number of benzene rings is 1. The molecule has 1 N–H and O–H groups in total. The smallest absolute Gasteiger partial charge is 0.408 e. The first-order chi connectivity index (χ1) is 12.7. The largest absolute Gasteiger partial charge is 0.444 e. The van der Waals surface area contributed by atoms with Crippen LogP contribution >= 0.6 is 0 Å². The van der Waals surface area contributed by atoms with Crippen LogP contribution in [0.3, 0.4) is 0 Å². The van der Waals surface area contributed by atoms with Gasteiger partial charge in [-0.1, -0.05) is 12.1 Å². The molecule has 150 valence electrons. The van der Waals surface area contributed by atoms with Crippen LogP contribution in [0.5, 0.6) is 0 Å². The maximum atomic E-state index is 14.7. The summed E-state index contributed by atoms with van der Waals surface area (Å²) in [5, 5.41) is 2.76. The molecule has 2 fully saturated rings. The Balaban J connectivity index is 1.57. The van der Waals surface area contributed by atoms with E-state index in [1.165, 1.54) is 25.5 Å². The zero-order valence-electron chi connectivity index (χ0n) is 16.9. The number of halogens is 1. The minimum Gasteiger partial charge on any atom is -0.444 e. The van der Waals surface area contributed by atoms with Crippen molar-refractivity contribution in [2.24, 2.45) is 0 Å². The molecule has 0 aromatic heterocycles. The average Bonchev–Trinajstić information content (AvgIpc) is 3.02. The Morgan fingerprint density at radius 2 is 2.11 bits per heavy atom. The second-order valence-electron chi connectivity index (χ2n) is 8.79. The lowest BCUT2D eigenvalue weighted by atomic mass is 10.0. The molecule has 2 aliphatic rings. The molecule has 5 nitrogen and oxygen atoms in total. The number of fused-ring (bicyclic) bond motifs is 1. The number of piperazine rings is 1. The van der Waals surface area contributed by atoms with Crippen molar-refractivity contribution in [3.05, 3.63) is 35.1 Å². The number of ether oxygens (including phenoxy) is 1. The van der Waals surface area contributed by atoms with Crippen LogP contribution in [-0.4, -0.2) is 53.7 Å². The number of carbonyl (C=O) groups is 1. The quantitative estimate of drug-likeness (QED) is 0.869. The molecule has 2 aliphatic heterocycles. The maximum absolute atomic E-state index is 14.7. The van der Waals surface area contributed by atoms with Gasteiger partial charge in [0.1, 0.15) is 11.4 Å². The lowest BCUT2D eigenvalue weighted by Gasteiger charge is -2.37. The Morgan fingerprint density at radius 1 is 1.33 bits per heavy atom. The normalized spacial score (nSPS) is 22.3. The van der Waals surface area contributed by atoms with Gasteiger partial charge in [-0.3, -0.25) is 9.80 Å². The van der Waals surface area contributed by atoms with Gasteiger partial charge in [0.2, 0.25) is 0 Å². The van der Waals surface area contributed by atoms with Crippen LogP contribution < -0.4 is 5.32 Å². The highest BCUT2D eigenvalue weighted by atomic mass is 19.1. The van der Waals surface area contributed by atoms with E-state index >= 15 is 0 Å². The first-order valence-electron chi connectivity index (χ1n) is 9.95. The zero-order valence-corrected chi connectivity index (χ0v) is 16.9. The van der Waals surface area contributed by atoms with Crippen molar-refractivity contribution in [1.82, 2.24) is 15.1 Å². The van der Waals surface area contributed by atoms with Crippen molar-refractivity contribution in [3.63, 3.8) is 0 Å². The molecule has 0 saturated carbocycles. The highest BCUT2D eigenvalue weighted by Gasteiger charge is 2.30. The molecule has 2 heterocycles. The fourth-order valence-corrected chi connectivity index (χ4v) is 3.97. The van der Waals surface area contributed by atoms with E-state index in [-0.39, 0.29) is 11.9 Å². The summed E-state index contributed by atoms with van der Waals surface area (Å²) in [6.07, 6.45) is 2.05. The summed E-state index contributed by atoms with van der Waals surface area (Å²) in [7, 11) is 0. The van der Waals surface area contributed by atoms with Gasteiger partial charge in [-0.05, 0) is 58.7 Å². The van der Waals surface area contributed by atoms with Gasteiger partial charge >= 0.3 is 6.09 Å². The van der Waals surface area contributed by atoms with Gasteiger partial charge in [-0.25, -0.2) is 9.18 Å². The van der Waals surface area contributed by atoms with Crippen LogP contribution in [0.15, 0.2) is 18.2 Å². The van der Waals surface area contributed by atoms with E-state index < -0.39 is 11.7 Å². The molecular formula is C21H32FN3O2. The molecule has 0 aliphatic carbocycles. The number of hydrogen-bond acceptors (Lipinski definition) is 4. The van der Waals surface area contributed by atoms with Crippen molar-refractivity contribution < 1.29 is 13.9 Å². The molecular weight excluding hydrogens is 345 g/mol. The van der Waals surface area contributed by atoms with Gasteiger partial charge < -0.3 is 10.1 Å².